The molecule has 0 unspecified atom stereocenters. The molecule has 0 bridgehead atoms. The quantitative estimate of drug-likeness (QED) is 0.752. The molecule has 0 atom stereocenters. The molecule has 1 aliphatic heterocycles. The highest BCUT2D eigenvalue weighted by Gasteiger charge is 2.24. The zero-order valence-electron chi connectivity index (χ0n) is 10.7. The Kier molecular flexibility index (Phi) is 2.83. The van der Waals surface area contributed by atoms with Crippen LogP contribution in [0.5, 0.6) is 0 Å². The van der Waals surface area contributed by atoms with Crippen molar-refractivity contribution in [3.63, 3.8) is 0 Å². The summed E-state index contributed by atoms with van der Waals surface area (Å²) in [5.41, 5.74) is 11.7. The first-order chi connectivity index (χ1) is 8.24. The number of fused-ring (bicyclic) bond motifs is 1. The van der Waals surface area contributed by atoms with Crippen molar-refractivity contribution < 1.29 is 0 Å². The largest absolute Gasteiger partial charge is 0.399 e. The number of nitrogens with two attached hydrogens (primary N) is 1. The molecule has 0 amide bonds. The summed E-state index contributed by atoms with van der Waals surface area (Å²) in [6, 6.07) is 4.43. The summed E-state index contributed by atoms with van der Waals surface area (Å²) in [5.74, 6) is 0.788. The van der Waals surface area contributed by atoms with Gasteiger partial charge < -0.3 is 10.6 Å². The van der Waals surface area contributed by atoms with E-state index in [0.29, 0.717) is 0 Å². The maximum Gasteiger partial charge on any atom is 0.0320 e. The monoisotopic (exact) mass is 230 g/mol. The van der Waals surface area contributed by atoms with Gasteiger partial charge in [-0.2, -0.15) is 0 Å². The molecule has 1 heterocycles. The van der Waals surface area contributed by atoms with Crippen LogP contribution >= 0.6 is 0 Å². The van der Waals surface area contributed by atoms with Gasteiger partial charge in [0, 0.05) is 18.8 Å². The number of hydrogen-bond donors (Lipinski definition) is 1. The molecular weight excluding hydrogens is 208 g/mol. The van der Waals surface area contributed by atoms with Gasteiger partial charge in [0.1, 0.15) is 0 Å². The van der Waals surface area contributed by atoms with Gasteiger partial charge in [-0.05, 0) is 61.1 Å². The smallest absolute Gasteiger partial charge is 0.0320 e. The standard InChI is InChI=1S/C15H22N2/c1-17-7-6-14-12(10-17)8-13(16)9-15(14)11-4-2-3-5-11/h8-9,11H,2-7,10,16H2,1H3. The number of benzene rings is 1. The van der Waals surface area contributed by atoms with Crippen molar-refractivity contribution in [2.75, 3.05) is 19.3 Å². The van der Waals surface area contributed by atoms with E-state index in [1.165, 1.54) is 44.2 Å². The van der Waals surface area contributed by atoms with E-state index >= 15 is 0 Å². The summed E-state index contributed by atoms with van der Waals surface area (Å²) in [7, 11) is 2.20. The van der Waals surface area contributed by atoms with Crippen LogP contribution in [0.25, 0.3) is 0 Å². The number of hydrogen-bond acceptors (Lipinski definition) is 2. The van der Waals surface area contributed by atoms with E-state index in [2.05, 4.69) is 24.1 Å². The molecule has 0 aromatic heterocycles. The molecule has 2 heteroatoms. The molecule has 92 valence electrons. The van der Waals surface area contributed by atoms with Gasteiger partial charge in [0.25, 0.3) is 0 Å². The highest BCUT2D eigenvalue weighted by molar-refractivity contribution is 5.52. The summed E-state index contributed by atoms with van der Waals surface area (Å²) >= 11 is 0. The first kappa shape index (κ1) is 11.1. The molecule has 2 aliphatic rings. The molecule has 1 fully saturated rings. The predicted octanol–water partition coefficient (Wildman–Crippen LogP) is 2.91. The Morgan fingerprint density at radius 3 is 2.76 bits per heavy atom. The summed E-state index contributed by atoms with van der Waals surface area (Å²) in [4.78, 5) is 2.39. The topological polar surface area (TPSA) is 29.3 Å². The van der Waals surface area contributed by atoms with E-state index in [9.17, 15) is 0 Å². The van der Waals surface area contributed by atoms with Gasteiger partial charge in [0.05, 0.1) is 0 Å². The average Bonchev–Trinajstić information content (AvgIpc) is 2.80. The fourth-order valence-electron chi connectivity index (χ4n) is 3.50. The second-order valence-corrected chi connectivity index (χ2v) is 5.72. The summed E-state index contributed by atoms with van der Waals surface area (Å²) in [5, 5.41) is 0. The first-order valence-corrected chi connectivity index (χ1v) is 6.84. The molecule has 1 aromatic rings. The lowest BCUT2D eigenvalue weighted by Gasteiger charge is -2.29. The van der Waals surface area contributed by atoms with E-state index in [4.69, 9.17) is 5.73 Å². The minimum absolute atomic E-state index is 0.788. The molecule has 17 heavy (non-hydrogen) atoms. The van der Waals surface area contributed by atoms with Crippen molar-refractivity contribution in [1.82, 2.24) is 4.90 Å². The normalized spacial score (nSPS) is 21.7. The van der Waals surface area contributed by atoms with Crippen LogP contribution in [0.1, 0.15) is 48.3 Å². The zero-order chi connectivity index (χ0) is 11.8. The number of nitrogen functional groups attached to an aromatic ring is 1. The lowest BCUT2D eigenvalue weighted by atomic mass is 9.86. The van der Waals surface area contributed by atoms with Crippen LogP contribution in [0, 0.1) is 0 Å². The van der Waals surface area contributed by atoms with E-state index in [1.807, 2.05) is 0 Å². The molecule has 1 saturated carbocycles. The SMILES string of the molecule is CN1CCc2c(cc(N)cc2C2CCCC2)C1. The van der Waals surface area contributed by atoms with Crippen LogP contribution in [-0.4, -0.2) is 18.5 Å². The van der Waals surface area contributed by atoms with Crippen molar-refractivity contribution in [2.24, 2.45) is 0 Å². The molecular formula is C15H22N2. The number of anilines is 1. The van der Waals surface area contributed by atoms with Crippen LogP contribution in [0.3, 0.4) is 0 Å². The van der Waals surface area contributed by atoms with Crippen molar-refractivity contribution in [3.8, 4) is 0 Å². The Morgan fingerprint density at radius 1 is 1.24 bits per heavy atom. The van der Waals surface area contributed by atoms with Crippen LogP contribution < -0.4 is 5.73 Å². The Hall–Kier alpha value is -1.02. The molecule has 0 spiro atoms. The molecule has 1 aliphatic carbocycles. The number of nitrogens with zero attached hydrogens (tertiary/aromatic N) is 1. The fourth-order valence-corrected chi connectivity index (χ4v) is 3.50. The Balaban J connectivity index is 2.02. The summed E-state index contributed by atoms with van der Waals surface area (Å²) in [6.07, 6.45) is 6.73. The summed E-state index contributed by atoms with van der Waals surface area (Å²) < 4.78 is 0. The predicted molar refractivity (Wildman–Crippen MR) is 72.1 cm³/mol. The van der Waals surface area contributed by atoms with E-state index < -0.39 is 0 Å². The number of rotatable bonds is 1. The lowest BCUT2D eigenvalue weighted by molar-refractivity contribution is 0.312. The van der Waals surface area contributed by atoms with Crippen molar-refractivity contribution in [3.05, 3.63) is 28.8 Å². The molecule has 2 N–H and O–H groups in total. The first-order valence-electron chi connectivity index (χ1n) is 6.84. The second-order valence-electron chi connectivity index (χ2n) is 5.72. The maximum atomic E-state index is 6.08. The van der Waals surface area contributed by atoms with Gasteiger partial charge in [-0.15, -0.1) is 0 Å². The third-order valence-electron chi connectivity index (χ3n) is 4.38. The zero-order valence-corrected chi connectivity index (χ0v) is 10.7. The van der Waals surface area contributed by atoms with Gasteiger partial charge >= 0.3 is 0 Å². The Morgan fingerprint density at radius 2 is 2.00 bits per heavy atom. The van der Waals surface area contributed by atoms with Crippen LogP contribution in [0.15, 0.2) is 12.1 Å². The summed E-state index contributed by atoms with van der Waals surface area (Å²) in [6.45, 7) is 2.26. The van der Waals surface area contributed by atoms with E-state index in [-0.39, 0.29) is 0 Å². The van der Waals surface area contributed by atoms with Gasteiger partial charge in [0.15, 0.2) is 0 Å². The molecule has 0 saturated heterocycles. The Bertz CT molecular complexity index is 419. The second kappa shape index (κ2) is 4.34. The maximum absolute atomic E-state index is 6.08. The molecule has 3 rings (SSSR count). The minimum Gasteiger partial charge on any atom is -0.399 e. The van der Waals surface area contributed by atoms with Crippen LogP contribution in [0.4, 0.5) is 5.69 Å². The van der Waals surface area contributed by atoms with Crippen LogP contribution in [0.2, 0.25) is 0 Å². The minimum atomic E-state index is 0.788. The van der Waals surface area contributed by atoms with E-state index in [1.54, 1.807) is 11.1 Å². The van der Waals surface area contributed by atoms with Crippen molar-refractivity contribution in [2.45, 2.75) is 44.6 Å². The fraction of sp³-hybridized carbons (Fsp3) is 0.600. The lowest BCUT2D eigenvalue weighted by Crippen LogP contribution is -2.27. The van der Waals surface area contributed by atoms with Gasteiger partial charge in [-0.1, -0.05) is 12.8 Å². The van der Waals surface area contributed by atoms with Gasteiger partial charge in [-0.3, -0.25) is 0 Å². The molecule has 2 nitrogen and oxygen atoms in total. The molecule has 1 aromatic carbocycles. The van der Waals surface area contributed by atoms with Crippen LogP contribution in [-0.2, 0) is 13.0 Å². The van der Waals surface area contributed by atoms with Crippen molar-refractivity contribution in [1.29, 1.82) is 0 Å². The Labute approximate surface area is 104 Å². The number of likely N-dealkylation sites (N-methyl/N-ethyl adjacent to an activating group) is 1. The highest BCUT2D eigenvalue weighted by Crippen LogP contribution is 2.39. The average molecular weight is 230 g/mol. The third-order valence-corrected chi connectivity index (χ3v) is 4.38. The third kappa shape index (κ3) is 2.06. The highest BCUT2D eigenvalue weighted by atomic mass is 15.1. The molecule has 0 radical (unpaired) electrons. The van der Waals surface area contributed by atoms with Gasteiger partial charge in [0.2, 0.25) is 0 Å². The van der Waals surface area contributed by atoms with Gasteiger partial charge in [-0.25, -0.2) is 0 Å². The van der Waals surface area contributed by atoms with E-state index in [0.717, 1.165) is 18.2 Å². The van der Waals surface area contributed by atoms with Crippen molar-refractivity contribution >= 4 is 5.69 Å².